The third kappa shape index (κ3) is 5.79. The molecule has 0 unspecified atom stereocenters. The summed E-state index contributed by atoms with van der Waals surface area (Å²) in [5.41, 5.74) is 0.511. The van der Waals surface area contributed by atoms with Crippen molar-refractivity contribution in [3.8, 4) is 5.88 Å². The summed E-state index contributed by atoms with van der Waals surface area (Å²) >= 11 is 0. The maximum Gasteiger partial charge on any atom is 0.328 e. The number of carbonyl (C=O) groups is 2. The summed E-state index contributed by atoms with van der Waals surface area (Å²) in [6.45, 7) is 5.44. The molecule has 2 fully saturated rings. The van der Waals surface area contributed by atoms with Gasteiger partial charge in [0.05, 0.1) is 26.3 Å². The maximum atomic E-state index is 13.3. The Morgan fingerprint density at radius 1 is 1.30 bits per heavy atom. The van der Waals surface area contributed by atoms with Gasteiger partial charge in [0.15, 0.2) is 0 Å². The van der Waals surface area contributed by atoms with Crippen LogP contribution in [-0.2, 0) is 9.53 Å². The highest BCUT2D eigenvalue weighted by Crippen LogP contribution is 2.37. The number of halogens is 2. The molecule has 30 heavy (non-hydrogen) atoms. The monoisotopic (exact) mass is 425 g/mol. The summed E-state index contributed by atoms with van der Waals surface area (Å²) in [4.78, 5) is 30.7. The van der Waals surface area contributed by atoms with Crippen molar-refractivity contribution in [3.05, 3.63) is 17.8 Å². The quantitative estimate of drug-likeness (QED) is 0.581. The predicted octanol–water partition coefficient (Wildman–Crippen LogP) is 3.03. The zero-order chi connectivity index (χ0) is 21.9. The molecule has 0 aromatic carbocycles. The fourth-order valence-corrected chi connectivity index (χ4v) is 3.23. The smallest absolute Gasteiger partial charge is 0.328 e. The van der Waals surface area contributed by atoms with Gasteiger partial charge in [-0.05, 0) is 50.2 Å². The van der Waals surface area contributed by atoms with Crippen molar-refractivity contribution >= 4 is 17.6 Å². The Morgan fingerprint density at radius 3 is 2.57 bits per heavy atom. The SMILES string of the molecule is CCOC(=O)[C@H](CC(C)C)NC(=O)c1ccc(N2CC(F)(F)C2)c(OCC2CC2)n1. The summed E-state index contributed by atoms with van der Waals surface area (Å²) in [5, 5.41) is 2.68. The van der Waals surface area contributed by atoms with Gasteiger partial charge in [0.1, 0.15) is 17.4 Å². The fourth-order valence-electron chi connectivity index (χ4n) is 3.23. The van der Waals surface area contributed by atoms with Crippen LogP contribution >= 0.6 is 0 Å². The van der Waals surface area contributed by atoms with Crippen molar-refractivity contribution < 1.29 is 27.8 Å². The van der Waals surface area contributed by atoms with Crippen LogP contribution in [0.25, 0.3) is 0 Å². The molecule has 1 amide bonds. The van der Waals surface area contributed by atoms with Crippen LogP contribution in [0.2, 0.25) is 0 Å². The van der Waals surface area contributed by atoms with E-state index < -0.39 is 36.9 Å². The first-order valence-corrected chi connectivity index (χ1v) is 10.4. The second kappa shape index (κ2) is 9.14. The molecule has 0 radical (unpaired) electrons. The van der Waals surface area contributed by atoms with Gasteiger partial charge >= 0.3 is 5.97 Å². The minimum absolute atomic E-state index is 0.0647. The number of hydrogen-bond donors (Lipinski definition) is 1. The first kappa shape index (κ1) is 22.2. The van der Waals surface area contributed by atoms with E-state index in [-0.39, 0.29) is 24.1 Å². The van der Waals surface area contributed by atoms with Crippen LogP contribution in [0.15, 0.2) is 12.1 Å². The molecule has 9 heteroatoms. The second-order valence-electron chi connectivity index (χ2n) is 8.39. The average molecular weight is 425 g/mol. The summed E-state index contributed by atoms with van der Waals surface area (Å²) in [5.74, 6) is -2.99. The number of amides is 1. The number of aromatic nitrogens is 1. The van der Waals surface area contributed by atoms with Gasteiger partial charge in [0.2, 0.25) is 5.88 Å². The van der Waals surface area contributed by atoms with Gasteiger partial charge in [-0.15, -0.1) is 0 Å². The van der Waals surface area contributed by atoms with Gasteiger partial charge in [-0.2, -0.15) is 0 Å². The number of esters is 1. The van der Waals surface area contributed by atoms with Gasteiger partial charge in [0.25, 0.3) is 11.8 Å². The summed E-state index contributed by atoms with van der Waals surface area (Å²) in [6.07, 6.45) is 2.55. The summed E-state index contributed by atoms with van der Waals surface area (Å²) < 4.78 is 37.4. The molecule has 3 rings (SSSR count). The molecule has 7 nitrogen and oxygen atoms in total. The molecule has 1 saturated carbocycles. The molecule has 2 aliphatic rings. The Bertz CT molecular complexity index is 776. The van der Waals surface area contributed by atoms with E-state index in [1.165, 1.54) is 11.0 Å². The molecule has 166 valence electrons. The Hall–Kier alpha value is -2.45. The minimum Gasteiger partial charge on any atom is -0.476 e. The number of alkyl halides is 2. The van der Waals surface area contributed by atoms with E-state index in [0.29, 0.717) is 24.6 Å². The molecule has 1 saturated heterocycles. The van der Waals surface area contributed by atoms with E-state index in [2.05, 4.69) is 10.3 Å². The number of pyridine rings is 1. The van der Waals surface area contributed by atoms with E-state index in [4.69, 9.17) is 9.47 Å². The Kier molecular flexibility index (Phi) is 6.77. The zero-order valence-corrected chi connectivity index (χ0v) is 17.6. The Balaban J connectivity index is 1.75. The highest BCUT2D eigenvalue weighted by molar-refractivity contribution is 5.95. The van der Waals surface area contributed by atoms with Crippen molar-refractivity contribution in [2.75, 3.05) is 31.2 Å². The van der Waals surface area contributed by atoms with Crippen LogP contribution in [0.1, 0.15) is 50.5 Å². The highest BCUT2D eigenvalue weighted by atomic mass is 19.3. The third-order valence-corrected chi connectivity index (χ3v) is 4.99. The van der Waals surface area contributed by atoms with Gasteiger partial charge in [0, 0.05) is 0 Å². The lowest BCUT2D eigenvalue weighted by Gasteiger charge is -2.40. The van der Waals surface area contributed by atoms with Crippen LogP contribution in [0, 0.1) is 11.8 Å². The van der Waals surface area contributed by atoms with E-state index >= 15 is 0 Å². The third-order valence-electron chi connectivity index (χ3n) is 4.99. The fraction of sp³-hybridized carbons (Fsp3) is 0.667. The van der Waals surface area contributed by atoms with Crippen LogP contribution in [0.5, 0.6) is 5.88 Å². The normalized spacial score (nSPS) is 18.5. The molecule has 1 N–H and O–H groups in total. The number of ether oxygens (including phenoxy) is 2. The highest BCUT2D eigenvalue weighted by Gasteiger charge is 2.45. The molecule has 1 aliphatic carbocycles. The van der Waals surface area contributed by atoms with E-state index in [0.717, 1.165) is 12.8 Å². The van der Waals surface area contributed by atoms with Crippen molar-refractivity contribution in [1.29, 1.82) is 0 Å². The maximum absolute atomic E-state index is 13.3. The Morgan fingerprint density at radius 2 is 2.00 bits per heavy atom. The van der Waals surface area contributed by atoms with E-state index in [9.17, 15) is 18.4 Å². The molecular weight excluding hydrogens is 396 g/mol. The average Bonchev–Trinajstić information content (AvgIpc) is 3.48. The van der Waals surface area contributed by atoms with Gasteiger partial charge in [-0.25, -0.2) is 18.6 Å². The molecule has 1 aromatic rings. The van der Waals surface area contributed by atoms with Crippen LogP contribution in [-0.4, -0.2) is 55.1 Å². The summed E-state index contributed by atoms with van der Waals surface area (Å²) in [7, 11) is 0. The standard InChI is InChI=1S/C21H29F2N3O4/c1-4-29-20(28)16(9-13(2)3)24-18(27)15-7-8-17(26-11-21(22,23)12-26)19(25-15)30-10-14-5-6-14/h7-8,13-14,16H,4-6,9-12H2,1-3H3,(H,24,27)/t16-/m0/s1. The lowest BCUT2D eigenvalue weighted by Crippen LogP contribution is -2.56. The van der Waals surface area contributed by atoms with Crippen LogP contribution in [0.4, 0.5) is 14.5 Å². The van der Waals surface area contributed by atoms with Crippen molar-refractivity contribution in [1.82, 2.24) is 10.3 Å². The van der Waals surface area contributed by atoms with Gasteiger partial charge in [-0.1, -0.05) is 13.8 Å². The van der Waals surface area contributed by atoms with E-state index in [1.807, 2.05) is 13.8 Å². The first-order chi connectivity index (χ1) is 14.2. The number of nitrogens with zero attached hydrogens (tertiary/aromatic N) is 2. The predicted molar refractivity (Wildman–Crippen MR) is 107 cm³/mol. The topological polar surface area (TPSA) is 80.8 Å². The van der Waals surface area contributed by atoms with Crippen molar-refractivity contribution in [2.45, 2.75) is 52.0 Å². The molecule has 1 aromatic heterocycles. The largest absolute Gasteiger partial charge is 0.476 e. The van der Waals surface area contributed by atoms with Crippen molar-refractivity contribution in [2.24, 2.45) is 11.8 Å². The Labute approximate surface area is 175 Å². The van der Waals surface area contributed by atoms with Gasteiger partial charge in [-0.3, -0.25) is 4.79 Å². The number of hydrogen-bond acceptors (Lipinski definition) is 6. The van der Waals surface area contributed by atoms with E-state index in [1.54, 1.807) is 13.0 Å². The van der Waals surface area contributed by atoms with Crippen LogP contribution < -0.4 is 15.0 Å². The molecule has 2 heterocycles. The molecule has 0 spiro atoms. The molecule has 1 atom stereocenters. The molecule has 0 bridgehead atoms. The number of nitrogens with one attached hydrogen (secondary N) is 1. The second-order valence-corrected chi connectivity index (χ2v) is 8.39. The first-order valence-electron chi connectivity index (χ1n) is 10.4. The lowest BCUT2D eigenvalue weighted by atomic mass is 10.0. The van der Waals surface area contributed by atoms with Crippen LogP contribution in [0.3, 0.4) is 0 Å². The lowest BCUT2D eigenvalue weighted by molar-refractivity contribution is -0.145. The van der Waals surface area contributed by atoms with Crippen molar-refractivity contribution in [3.63, 3.8) is 0 Å². The minimum atomic E-state index is -2.73. The van der Waals surface area contributed by atoms with Gasteiger partial charge < -0.3 is 19.7 Å². The number of rotatable bonds is 10. The number of carbonyl (C=O) groups excluding carboxylic acids is 2. The molecular formula is C21H29F2N3O4. The summed E-state index contributed by atoms with van der Waals surface area (Å²) in [6, 6.07) is 2.24. The number of anilines is 1. The molecule has 1 aliphatic heterocycles. The zero-order valence-electron chi connectivity index (χ0n) is 17.6.